The van der Waals surface area contributed by atoms with Gasteiger partial charge in [0, 0.05) is 38.2 Å². The van der Waals surface area contributed by atoms with Gasteiger partial charge in [0.2, 0.25) is 0 Å². The minimum atomic E-state index is 0.349. The number of aromatic nitrogens is 2. The summed E-state index contributed by atoms with van der Waals surface area (Å²) in [5, 5.41) is 3.41. The second-order valence-electron chi connectivity index (χ2n) is 6.19. The van der Waals surface area contributed by atoms with Crippen molar-refractivity contribution < 1.29 is 0 Å². The van der Waals surface area contributed by atoms with E-state index >= 15 is 0 Å². The number of hydrogen-bond acceptors (Lipinski definition) is 5. The van der Waals surface area contributed by atoms with Crippen LogP contribution in [0.25, 0.3) is 0 Å². The van der Waals surface area contributed by atoms with Crippen LogP contribution in [0.4, 0.5) is 11.6 Å². The van der Waals surface area contributed by atoms with Crippen LogP contribution in [0, 0.1) is 0 Å². The molecule has 0 radical (unpaired) electrons. The lowest BCUT2D eigenvalue weighted by atomic mass is 10.2. The average molecular weight is 291 g/mol. The Morgan fingerprint density at radius 2 is 2.00 bits per heavy atom. The Morgan fingerprint density at radius 1 is 1.19 bits per heavy atom. The van der Waals surface area contributed by atoms with Crippen molar-refractivity contribution in [3.05, 3.63) is 11.9 Å². The van der Waals surface area contributed by atoms with Crippen LogP contribution < -0.4 is 10.2 Å². The van der Waals surface area contributed by atoms with E-state index in [1.54, 1.807) is 0 Å². The molecule has 1 saturated heterocycles. The third-order valence-electron chi connectivity index (χ3n) is 3.85. The van der Waals surface area contributed by atoms with Crippen LogP contribution in [0.5, 0.6) is 0 Å². The lowest BCUT2D eigenvalue weighted by molar-refractivity contribution is 0.360. The highest BCUT2D eigenvalue weighted by molar-refractivity contribution is 5.50. The van der Waals surface area contributed by atoms with E-state index in [1.165, 1.54) is 13.0 Å². The quantitative estimate of drug-likeness (QED) is 0.903. The molecule has 0 aromatic carbocycles. The summed E-state index contributed by atoms with van der Waals surface area (Å²) in [5.41, 5.74) is 0. The van der Waals surface area contributed by atoms with Gasteiger partial charge in [-0.05, 0) is 26.4 Å². The van der Waals surface area contributed by atoms with E-state index in [2.05, 4.69) is 54.0 Å². The molecule has 0 bridgehead atoms. The maximum Gasteiger partial charge on any atom is 0.135 e. The summed E-state index contributed by atoms with van der Waals surface area (Å²) in [6, 6.07) is 2.10. The van der Waals surface area contributed by atoms with Gasteiger partial charge in [0.25, 0.3) is 0 Å². The zero-order valence-corrected chi connectivity index (χ0v) is 13.9. The Hall–Kier alpha value is -1.36. The van der Waals surface area contributed by atoms with Gasteiger partial charge in [-0.2, -0.15) is 0 Å². The Kier molecular flexibility index (Phi) is 5.79. The van der Waals surface area contributed by atoms with Crippen LogP contribution in [-0.2, 0) is 0 Å². The predicted octanol–water partition coefficient (Wildman–Crippen LogP) is 2.56. The van der Waals surface area contributed by atoms with E-state index in [0.717, 1.165) is 50.1 Å². The van der Waals surface area contributed by atoms with Crippen molar-refractivity contribution in [2.75, 3.05) is 50.0 Å². The van der Waals surface area contributed by atoms with E-state index < -0.39 is 0 Å². The van der Waals surface area contributed by atoms with Gasteiger partial charge in [-0.15, -0.1) is 0 Å². The second kappa shape index (κ2) is 7.59. The zero-order valence-electron chi connectivity index (χ0n) is 13.9. The monoisotopic (exact) mass is 291 g/mol. The maximum absolute atomic E-state index is 4.79. The van der Waals surface area contributed by atoms with Crippen LogP contribution in [0.2, 0.25) is 0 Å². The molecule has 0 unspecified atom stereocenters. The van der Waals surface area contributed by atoms with E-state index in [1.807, 2.05) is 0 Å². The minimum absolute atomic E-state index is 0.349. The molecule has 1 aliphatic heterocycles. The molecule has 1 N–H and O–H groups in total. The number of nitrogens with zero attached hydrogens (tertiary/aromatic N) is 4. The highest BCUT2D eigenvalue weighted by Gasteiger charge is 2.16. The van der Waals surface area contributed by atoms with Crippen molar-refractivity contribution in [1.29, 1.82) is 0 Å². The lowest BCUT2D eigenvalue weighted by Gasteiger charge is -2.23. The van der Waals surface area contributed by atoms with Gasteiger partial charge in [-0.3, -0.25) is 0 Å². The molecule has 0 spiro atoms. The fraction of sp³-hybridized carbons (Fsp3) is 0.750. The van der Waals surface area contributed by atoms with Crippen molar-refractivity contribution >= 4 is 11.6 Å². The van der Waals surface area contributed by atoms with Gasteiger partial charge in [0.15, 0.2) is 0 Å². The average Bonchev–Trinajstić information content (AvgIpc) is 2.69. The molecule has 0 aliphatic carbocycles. The standard InChI is InChI=1S/C16H29N5/c1-5-7-17-14-12-15(19-16(18-14)13(2)3)21-9-6-8-20(4)10-11-21/h12-13H,5-11H2,1-4H3,(H,17,18,19). The largest absolute Gasteiger partial charge is 0.370 e. The molecular weight excluding hydrogens is 262 g/mol. The smallest absolute Gasteiger partial charge is 0.135 e. The number of anilines is 2. The third kappa shape index (κ3) is 4.56. The number of likely N-dealkylation sites (N-methyl/N-ethyl adjacent to an activating group) is 1. The Labute approximate surface area is 128 Å². The van der Waals surface area contributed by atoms with Crippen molar-refractivity contribution in [2.45, 2.75) is 39.5 Å². The summed E-state index contributed by atoms with van der Waals surface area (Å²) in [6.07, 6.45) is 2.29. The first-order valence-corrected chi connectivity index (χ1v) is 8.16. The van der Waals surface area contributed by atoms with Crippen LogP contribution in [0.1, 0.15) is 45.4 Å². The molecule has 21 heavy (non-hydrogen) atoms. The normalized spacial score (nSPS) is 17.1. The van der Waals surface area contributed by atoms with Crippen LogP contribution >= 0.6 is 0 Å². The van der Waals surface area contributed by atoms with E-state index in [-0.39, 0.29) is 0 Å². The molecule has 0 atom stereocenters. The van der Waals surface area contributed by atoms with Crippen molar-refractivity contribution in [3.8, 4) is 0 Å². The van der Waals surface area contributed by atoms with Gasteiger partial charge in [-0.1, -0.05) is 20.8 Å². The fourth-order valence-corrected chi connectivity index (χ4v) is 2.49. The first-order chi connectivity index (χ1) is 10.1. The molecule has 0 saturated carbocycles. The predicted molar refractivity (Wildman–Crippen MR) is 89.2 cm³/mol. The van der Waals surface area contributed by atoms with E-state index in [4.69, 9.17) is 4.98 Å². The van der Waals surface area contributed by atoms with Crippen LogP contribution in [0.3, 0.4) is 0 Å². The molecule has 0 amide bonds. The molecule has 2 heterocycles. The second-order valence-corrected chi connectivity index (χ2v) is 6.19. The number of rotatable bonds is 5. The molecule has 1 fully saturated rings. The molecule has 5 heteroatoms. The summed E-state index contributed by atoms with van der Waals surface area (Å²) in [4.78, 5) is 14.2. The van der Waals surface area contributed by atoms with Crippen molar-refractivity contribution in [3.63, 3.8) is 0 Å². The van der Waals surface area contributed by atoms with Crippen LogP contribution in [-0.4, -0.2) is 54.6 Å². The summed E-state index contributed by atoms with van der Waals surface area (Å²) < 4.78 is 0. The molecule has 2 rings (SSSR count). The van der Waals surface area contributed by atoms with Gasteiger partial charge in [0.05, 0.1) is 0 Å². The van der Waals surface area contributed by atoms with Gasteiger partial charge >= 0.3 is 0 Å². The zero-order chi connectivity index (χ0) is 15.2. The van der Waals surface area contributed by atoms with E-state index in [0.29, 0.717) is 5.92 Å². The molecule has 1 aromatic heterocycles. The minimum Gasteiger partial charge on any atom is -0.370 e. The van der Waals surface area contributed by atoms with E-state index in [9.17, 15) is 0 Å². The number of hydrogen-bond donors (Lipinski definition) is 1. The fourth-order valence-electron chi connectivity index (χ4n) is 2.49. The number of nitrogens with one attached hydrogen (secondary N) is 1. The first kappa shape index (κ1) is 16.0. The summed E-state index contributed by atoms with van der Waals surface area (Å²) in [7, 11) is 2.19. The highest BCUT2D eigenvalue weighted by atomic mass is 15.2. The van der Waals surface area contributed by atoms with Crippen LogP contribution in [0.15, 0.2) is 6.07 Å². The first-order valence-electron chi connectivity index (χ1n) is 8.16. The Bertz CT molecular complexity index is 446. The van der Waals surface area contributed by atoms with Crippen molar-refractivity contribution in [2.24, 2.45) is 0 Å². The summed E-state index contributed by atoms with van der Waals surface area (Å²) in [6.45, 7) is 11.8. The molecule has 1 aliphatic rings. The molecule has 1 aromatic rings. The van der Waals surface area contributed by atoms with Gasteiger partial charge in [0.1, 0.15) is 17.5 Å². The Balaban J connectivity index is 2.21. The highest BCUT2D eigenvalue weighted by Crippen LogP contribution is 2.21. The van der Waals surface area contributed by atoms with Crippen molar-refractivity contribution in [1.82, 2.24) is 14.9 Å². The molecular formula is C16H29N5. The Morgan fingerprint density at radius 3 is 2.71 bits per heavy atom. The summed E-state index contributed by atoms with van der Waals surface area (Å²) >= 11 is 0. The van der Waals surface area contributed by atoms with Gasteiger partial charge < -0.3 is 15.1 Å². The topological polar surface area (TPSA) is 44.3 Å². The molecule has 118 valence electrons. The van der Waals surface area contributed by atoms with Gasteiger partial charge in [-0.25, -0.2) is 9.97 Å². The summed E-state index contributed by atoms with van der Waals surface area (Å²) in [5.74, 6) is 3.32. The lowest BCUT2D eigenvalue weighted by Crippen LogP contribution is -2.30. The maximum atomic E-state index is 4.79. The molecule has 5 nitrogen and oxygen atoms in total. The SMILES string of the molecule is CCCNc1cc(N2CCCN(C)CC2)nc(C(C)C)n1. The third-order valence-corrected chi connectivity index (χ3v) is 3.85.